The molecule has 3 heterocycles. The maximum atomic E-state index is 12.2. The van der Waals surface area contributed by atoms with Crippen LogP contribution in [0.2, 0.25) is 0 Å². The van der Waals surface area contributed by atoms with E-state index in [2.05, 4.69) is 30.2 Å². The molecule has 3 N–H and O–H groups in total. The van der Waals surface area contributed by atoms with Crippen LogP contribution in [0.15, 0.2) is 61.6 Å². The molecular formula is C17H16N6O2. The first kappa shape index (κ1) is 16.2. The van der Waals surface area contributed by atoms with Crippen molar-refractivity contribution in [3.63, 3.8) is 0 Å². The van der Waals surface area contributed by atoms with E-state index in [9.17, 15) is 4.79 Å². The Morgan fingerprint density at radius 2 is 1.96 bits per heavy atom. The van der Waals surface area contributed by atoms with E-state index in [1.807, 2.05) is 18.2 Å². The Hall–Kier alpha value is -3.68. The van der Waals surface area contributed by atoms with Crippen molar-refractivity contribution in [1.82, 2.24) is 24.9 Å². The van der Waals surface area contributed by atoms with Gasteiger partial charge in [-0.25, -0.2) is 9.97 Å². The van der Waals surface area contributed by atoms with Gasteiger partial charge in [0.1, 0.15) is 11.4 Å². The van der Waals surface area contributed by atoms with E-state index in [4.69, 9.17) is 4.74 Å². The Bertz CT molecular complexity index is 889. The average Bonchev–Trinajstić information content (AvgIpc) is 3.20. The van der Waals surface area contributed by atoms with E-state index in [-0.39, 0.29) is 11.9 Å². The minimum absolute atomic E-state index is 0.249. The number of aromatic nitrogens is 5. The summed E-state index contributed by atoms with van der Waals surface area (Å²) in [5, 5.41) is 2.67. The average molecular weight is 336 g/mol. The molecule has 8 nitrogen and oxygen atoms in total. The van der Waals surface area contributed by atoms with Crippen molar-refractivity contribution in [2.24, 2.45) is 0 Å². The molecule has 0 unspecified atom stereocenters. The summed E-state index contributed by atoms with van der Waals surface area (Å²) in [6.45, 7) is 0. The SMILES string of the molecule is COc1ccc(-c2cccnc2)cnc(NC(=O)c2cnc[nH]2)[nH]c1. The van der Waals surface area contributed by atoms with Crippen LogP contribution in [-0.4, -0.2) is 37.9 Å². The van der Waals surface area contributed by atoms with Gasteiger partial charge >= 0.3 is 0 Å². The molecule has 0 aromatic carbocycles. The third kappa shape index (κ3) is 4.20. The highest BCUT2D eigenvalue weighted by atomic mass is 16.5. The molecule has 25 heavy (non-hydrogen) atoms. The van der Waals surface area contributed by atoms with Gasteiger partial charge in [-0.3, -0.25) is 15.1 Å². The van der Waals surface area contributed by atoms with Crippen molar-refractivity contribution in [3.8, 4) is 16.9 Å². The van der Waals surface area contributed by atoms with E-state index in [1.54, 1.807) is 38.0 Å². The Labute approximate surface area is 143 Å². The Morgan fingerprint density at radius 3 is 2.68 bits per heavy atom. The van der Waals surface area contributed by atoms with Gasteiger partial charge in [0.25, 0.3) is 5.91 Å². The molecule has 0 atom stereocenters. The molecule has 3 aromatic heterocycles. The molecular weight excluding hydrogens is 320 g/mol. The zero-order chi connectivity index (χ0) is 17.5. The molecule has 0 aliphatic carbocycles. The van der Waals surface area contributed by atoms with Crippen LogP contribution >= 0.6 is 0 Å². The van der Waals surface area contributed by atoms with Gasteiger partial charge in [-0.2, -0.15) is 0 Å². The van der Waals surface area contributed by atoms with Gasteiger partial charge in [-0.15, -0.1) is 0 Å². The van der Waals surface area contributed by atoms with Crippen LogP contribution in [0.3, 0.4) is 0 Å². The zero-order valence-electron chi connectivity index (χ0n) is 13.4. The highest BCUT2D eigenvalue weighted by molar-refractivity contribution is 6.01. The second-order valence-corrected chi connectivity index (χ2v) is 4.95. The molecule has 0 saturated carbocycles. The predicted molar refractivity (Wildman–Crippen MR) is 92.5 cm³/mol. The normalized spacial score (nSPS) is 9.96. The molecule has 3 aromatic rings. The Kier molecular flexibility index (Phi) is 5.01. The fourth-order valence-corrected chi connectivity index (χ4v) is 2.03. The number of anilines is 1. The largest absolute Gasteiger partial charge is 0.495 e. The molecule has 0 spiro atoms. The first-order chi connectivity index (χ1) is 12.3. The number of carbonyl (C=O) groups excluding carboxylic acids is 1. The maximum Gasteiger partial charge on any atom is 0.276 e. The summed E-state index contributed by atoms with van der Waals surface area (Å²) in [6, 6.07) is 7.41. The minimum Gasteiger partial charge on any atom is -0.495 e. The number of nitrogens with one attached hydrogen (secondary N) is 3. The standard InChI is InChI=1S/C17H16N6O2/c1-25-14-5-4-13(12-3-2-6-18-7-12)8-20-17(21-9-14)23-16(24)15-10-19-11-22-15/h2-11H,1H3,(H,19,22)(H2,20,21,23,24). The number of methoxy groups -OCH3 is 1. The number of hydrogen-bond acceptors (Lipinski definition) is 5. The highest BCUT2D eigenvalue weighted by Crippen LogP contribution is 2.17. The number of rotatable bonds is 4. The molecule has 0 radical (unpaired) electrons. The van der Waals surface area contributed by atoms with Gasteiger partial charge in [0.2, 0.25) is 5.95 Å². The minimum atomic E-state index is -0.361. The van der Waals surface area contributed by atoms with Crippen LogP contribution in [0.1, 0.15) is 10.5 Å². The molecule has 0 aliphatic heterocycles. The van der Waals surface area contributed by atoms with Crippen LogP contribution < -0.4 is 10.1 Å². The van der Waals surface area contributed by atoms with Gasteiger partial charge in [0, 0.05) is 35.9 Å². The van der Waals surface area contributed by atoms with Crippen molar-refractivity contribution < 1.29 is 9.53 Å². The van der Waals surface area contributed by atoms with Gasteiger partial charge in [0.15, 0.2) is 0 Å². The van der Waals surface area contributed by atoms with Gasteiger partial charge in [-0.1, -0.05) is 6.07 Å². The number of aromatic amines is 2. The van der Waals surface area contributed by atoms with Crippen LogP contribution in [0.25, 0.3) is 11.1 Å². The number of pyridine rings is 1. The summed E-state index contributed by atoms with van der Waals surface area (Å²) >= 11 is 0. The smallest absolute Gasteiger partial charge is 0.276 e. The fraction of sp³-hybridized carbons (Fsp3) is 0.0588. The third-order valence-electron chi connectivity index (χ3n) is 3.32. The summed E-state index contributed by atoms with van der Waals surface area (Å²) in [4.78, 5) is 30.1. The zero-order valence-corrected chi connectivity index (χ0v) is 13.4. The lowest BCUT2D eigenvalue weighted by Gasteiger charge is -2.00. The van der Waals surface area contributed by atoms with Crippen molar-refractivity contribution in [3.05, 3.63) is 67.3 Å². The van der Waals surface area contributed by atoms with Crippen molar-refractivity contribution >= 4 is 11.9 Å². The van der Waals surface area contributed by atoms with Crippen molar-refractivity contribution in [1.29, 1.82) is 0 Å². The first-order valence-corrected chi connectivity index (χ1v) is 7.43. The van der Waals surface area contributed by atoms with Crippen LogP contribution in [0.5, 0.6) is 5.75 Å². The van der Waals surface area contributed by atoms with Crippen molar-refractivity contribution in [2.45, 2.75) is 0 Å². The number of amides is 1. The summed E-state index contributed by atoms with van der Waals surface area (Å²) in [7, 11) is 1.56. The monoisotopic (exact) mass is 336 g/mol. The van der Waals surface area contributed by atoms with Gasteiger partial charge in [0.05, 0.1) is 19.6 Å². The Morgan fingerprint density at radius 1 is 1.08 bits per heavy atom. The van der Waals surface area contributed by atoms with Crippen LogP contribution in [-0.2, 0) is 0 Å². The molecule has 0 saturated heterocycles. The van der Waals surface area contributed by atoms with E-state index >= 15 is 0 Å². The quantitative estimate of drug-likeness (QED) is 0.678. The number of H-pyrrole nitrogens is 2. The molecule has 126 valence electrons. The second kappa shape index (κ2) is 7.73. The summed E-state index contributed by atoms with van der Waals surface area (Å²) in [5.41, 5.74) is 2.03. The predicted octanol–water partition coefficient (Wildman–Crippen LogP) is 2.58. The molecule has 0 fully saturated rings. The lowest BCUT2D eigenvalue weighted by atomic mass is 10.1. The number of nitrogens with zero attached hydrogens (tertiary/aromatic N) is 3. The maximum absolute atomic E-state index is 12.2. The number of imidazole rings is 1. The van der Waals surface area contributed by atoms with E-state index in [0.717, 1.165) is 11.1 Å². The highest BCUT2D eigenvalue weighted by Gasteiger charge is 2.07. The van der Waals surface area contributed by atoms with Crippen molar-refractivity contribution in [2.75, 3.05) is 12.4 Å². The topological polar surface area (TPSA) is 109 Å². The first-order valence-electron chi connectivity index (χ1n) is 7.43. The van der Waals surface area contributed by atoms with E-state index < -0.39 is 0 Å². The van der Waals surface area contributed by atoms with Gasteiger partial charge in [-0.05, 0) is 18.2 Å². The molecule has 3 rings (SSSR count). The molecule has 0 bridgehead atoms. The summed E-state index contributed by atoms with van der Waals surface area (Å²) in [5.74, 6) is 0.457. The van der Waals surface area contributed by atoms with E-state index in [0.29, 0.717) is 11.4 Å². The summed E-state index contributed by atoms with van der Waals surface area (Å²) in [6.07, 6.45) is 9.53. The Balaban J connectivity index is 2.01. The summed E-state index contributed by atoms with van der Waals surface area (Å²) < 4.78 is 5.28. The fourth-order valence-electron chi connectivity index (χ4n) is 2.03. The van der Waals surface area contributed by atoms with E-state index in [1.165, 1.54) is 12.5 Å². The number of ether oxygens (including phenoxy) is 1. The lowest BCUT2D eigenvalue weighted by Crippen LogP contribution is -2.13. The third-order valence-corrected chi connectivity index (χ3v) is 3.32. The molecule has 8 heteroatoms. The number of carbonyl (C=O) groups is 1. The van der Waals surface area contributed by atoms with Crippen LogP contribution in [0.4, 0.5) is 5.95 Å². The van der Waals surface area contributed by atoms with Gasteiger partial charge < -0.3 is 14.7 Å². The van der Waals surface area contributed by atoms with Crippen LogP contribution in [0, 0.1) is 0 Å². The second-order valence-electron chi connectivity index (χ2n) is 4.95. The number of hydrogen-bond donors (Lipinski definition) is 3. The molecule has 0 aliphatic rings. The molecule has 1 amide bonds. The lowest BCUT2D eigenvalue weighted by molar-refractivity contribution is 0.102.